The third kappa shape index (κ3) is 4.01. The molecule has 0 aliphatic heterocycles. The molecule has 3 rings (SSSR count). The number of hydrogen-bond donors (Lipinski definition) is 3. The third-order valence-corrected chi connectivity index (χ3v) is 6.05. The van der Waals surface area contributed by atoms with Crippen molar-refractivity contribution in [3.8, 4) is 10.4 Å². The lowest BCUT2D eigenvalue weighted by atomic mass is 10.0. The van der Waals surface area contributed by atoms with Crippen molar-refractivity contribution in [1.29, 1.82) is 0 Å². The summed E-state index contributed by atoms with van der Waals surface area (Å²) in [4.78, 5) is 27.0. The molecule has 2 heterocycles. The fraction of sp³-hybridized carbons (Fsp3) is 0.158. The van der Waals surface area contributed by atoms with Crippen LogP contribution in [0.3, 0.4) is 0 Å². The van der Waals surface area contributed by atoms with Crippen LogP contribution in [0.2, 0.25) is 0 Å². The number of thiophene rings is 2. The maximum Gasteiger partial charge on any atom is 0.284 e. The highest BCUT2D eigenvalue weighted by Gasteiger charge is 2.16. The van der Waals surface area contributed by atoms with Crippen molar-refractivity contribution in [3.63, 3.8) is 0 Å². The van der Waals surface area contributed by atoms with E-state index in [0.29, 0.717) is 4.88 Å². The van der Waals surface area contributed by atoms with E-state index in [0.717, 1.165) is 22.5 Å². The van der Waals surface area contributed by atoms with E-state index in [1.165, 1.54) is 15.8 Å². The average molecular weight is 386 g/mol. The van der Waals surface area contributed by atoms with Crippen LogP contribution in [0, 0.1) is 6.92 Å². The Morgan fingerprint density at radius 1 is 1.00 bits per heavy atom. The summed E-state index contributed by atoms with van der Waals surface area (Å²) in [5.74, 6) is -0.877. The molecule has 0 aliphatic carbocycles. The first-order chi connectivity index (χ1) is 12.5. The molecule has 134 valence electrons. The number of hydroxylamine groups is 1. The van der Waals surface area contributed by atoms with Gasteiger partial charge in [-0.25, -0.2) is 5.48 Å². The third-order valence-electron chi connectivity index (χ3n) is 3.91. The molecule has 3 N–H and O–H groups in total. The predicted molar refractivity (Wildman–Crippen MR) is 104 cm³/mol. The van der Waals surface area contributed by atoms with Crippen molar-refractivity contribution >= 4 is 34.5 Å². The Hall–Kier alpha value is -2.48. The van der Waals surface area contributed by atoms with Gasteiger partial charge in [0.05, 0.1) is 15.8 Å². The fourth-order valence-corrected chi connectivity index (χ4v) is 4.20. The first-order valence-corrected chi connectivity index (χ1v) is 9.63. The first kappa shape index (κ1) is 18.3. The maximum atomic E-state index is 12.4. The summed E-state index contributed by atoms with van der Waals surface area (Å²) in [5, 5.41) is 11.6. The summed E-state index contributed by atoms with van der Waals surface area (Å²) in [6.45, 7) is 4.00. The molecule has 26 heavy (non-hydrogen) atoms. The number of aryl methyl sites for hydroxylation is 1. The van der Waals surface area contributed by atoms with Crippen LogP contribution in [0.1, 0.15) is 42.7 Å². The Morgan fingerprint density at radius 3 is 2.38 bits per heavy atom. The maximum absolute atomic E-state index is 12.4. The molecular weight excluding hydrogens is 368 g/mol. The van der Waals surface area contributed by atoms with E-state index in [1.54, 1.807) is 22.9 Å². The zero-order chi connectivity index (χ0) is 18.7. The Labute approximate surface area is 159 Å². The normalized spacial score (nSPS) is 11.8. The van der Waals surface area contributed by atoms with E-state index in [4.69, 9.17) is 5.21 Å². The van der Waals surface area contributed by atoms with Crippen molar-refractivity contribution in [3.05, 3.63) is 68.7 Å². The zero-order valence-electron chi connectivity index (χ0n) is 14.3. The second-order valence-corrected chi connectivity index (χ2v) is 8.21. The zero-order valence-corrected chi connectivity index (χ0v) is 15.9. The Kier molecular flexibility index (Phi) is 5.51. The Balaban J connectivity index is 1.73. The smallest absolute Gasteiger partial charge is 0.284 e. The van der Waals surface area contributed by atoms with Crippen LogP contribution in [0.15, 0.2) is 48.5 Å². The van der Waals surface area contributed by atoms with Crippen molar-refractivity contribution < 1.29 is 14.8 Å². The van der Waals surface area contributed by atoms with E-state index < -0.39 is 5.91 Å². The van der Waals surface area contributed by atoms with Crippen LogP contribution in [0.25, 0.3) is 10.4 Å². The molecular formula is C19H18N2O3S2. The van der Waals surface area contributed by atoms with Gasteiger partial charge in [0.2, 0.25) is 0 Å². The van der Waals surface area contributed by atoms with E-state index in [9.17, 15) is 9.59 Å². The van der Waals surface area contributed by atoms with E-state index in [-0.39, 0.29) is 16.8 Å². The molecule has 7 heteroatoms. The monoisotopic (exact) mass is 386 g/mol. The van der Waals surface area contributed by atoms with Gasteiger partial charge in [0.25, 0.3) is 11.8 Å². The van der Waals surface area contributed by atoms with Crippen LogP contribution in [-0.4, -0.2) is 17.0 Å². The molecule has 1 aromatic carbocycles. The average Bonchev–Trinajstić information content (AvgIpc) is 3.30. The minimum Gasteiger partial charge on any atom is -0.345 e. The summed E-state index contributed by atoms with van der Waals surface area (Å²) in [5.41, 5.74) is 3.70. The van der Waals surface area contributed by atoms with Crippen LogP contribution in [-0.2, 0) is 0 Å². The number of nitrogens with one attached hydrogen (secondary N) is 2. The fourth-order valence-electron chi connectivity index (χ4n) is 2.54. The SMILES string of the molecule is Cc1ccc(-c2cccc(C(C)NC(=O)c3ccc(C(=O)NO)s3)c2)s1. The molecule has 2 amide bonds. The van der Waals surface area contributed by atoms with Gasteiger partial charge in [-0.15, -0.1) is 22.7 Å². The van der Waals surface area contributed by atoms with E-state index >= 15 is 0 Å². The van der Waals surface area contributed by atoms with Crippen LogP contribution in [0.5, 0.6) is 0 Å². The number of amides is 2. The molecule has 0 saturated carbocycles. The van der Waals surface area contributed by atoms with Gasteiger partial charge in [-0.3, -0.25) is 14.8 Å². The van der Waals surface area contributed by atoms with Gasteiger partial charge in [-0.1, -0.05) is 18.2 Å². The number of hydrogen-bond acceptors (Lipinski definition) is 5. The van der Waals surface area contributed by atoms with Crippen LogP contribution >= 0.6 is 22.7 Å². The summed E-state index contributed by atoms with van der Waals surface area (Å²) in [7, 11) is 0. The Bertz CT molecular complexity index is 946. The lowest BCUT2D eigenvalue weighted by Crippen LogP contribution is -2.25. The molecule has 3 aromatic rings. The number of rotatable bonds is 5. The van der Waals surface area contributed by atoms with E-state index in [1.807, 2.05) is 19.1 Å². The summed E-state index contributed by atoms with van der Waals surface area (Å²) in [6, 6.07) is 15.2. The summed E-state index contributed by atoms with van der Waals surface area (Å²) >= 11 is 2.77. The highest BCUT2D eigenvalue weighted by molar-refractivity contribution is 7.16. The van der Waals surface area contributed by atoms with Crippen LogP contribution in [0.4, 0.5) is 0 Å². The Morgan fingerprint density at radius 2 is 1.73 bits per heavy atom. The number of carbonyl (C=O) groups excluding carboxylic acids is 2. The standard InChI is InChI=1S/C19H18N2O3S2/c1-11-6-7-15(25-11)14-5-3-4-13(10-14)12(2)20-18(22)16-8-9-17(26-16)19(23)21-24/h3-10,12,24H,1-2H3,(H,20,22)(H,21,23). The quantitative estimate of drug-likeness (QED) is 0.449. The summed E-state index contributed by atoms with van der Waals surface area (Å²) in [6.07, 6.45) is 0. The molecule has 0 bridgehead atoms. The first-order valence-electron chi connectivity index (χ1n) is 8.00. The van der Waals surface area contributed by atoms with Crippen molar-refractivity contribution in [1.82, 2.24) is 10.8 Å². The van der Waals surface area contributed by atoms with Crippen molar-refractivity contribution in [2.75, 3.05) is 0 Å². The molecule has 0 fully saturated rings. The van der Waals surface area contributed by atoms with Gasteiger partial charge in [0, 0.05) is 9.75 Å². The van der Waals surface area contributed by atoms with Gasteiger partial charge in [0.1, 0.15) is 0 Å². The second kappa shape index (κ2) is 7.82. The molecule has 0 spiro atoms. The minimum absolute atomic E-state index is 0.180. The van der Waals surface area contributed by atoms with Gasteiger partial charge in [-0.05, 0) is 55.3 Å². The molecule has 1 unspecified atom stereocenters. The topological polar surface area (TPSA) is 78.4 Å². The van der Waals surface area contributed by atoms with Gasteiger partial charge < -0.3 is 5.32 Å². The highest BCUT2D eigenvalue weighted by Crippen LogP contribution is 2.29. The van der Waals surface area contributed by atoms with Gasteiger partial charge in [-0.2, -0.15) is 0 Å². The second-order valence-electron chi connectivity index (χ2n) is 5.84. The van der Waals surface area contributed by atoms with Gasteiger partial charge in [0.15, 0.2) is 0 Å². The predicted octanol–water partition coefficient (Wildman–Crippen LogP) is 4.40. The largest absolute Gasteiger partial charge is 0.345 e. The minimum atomic E-state index is -0.624. The molecule has 2 aromatic heterocycles. The lowest BCUT2D eigenvalue weighted by Gasteiger charge is -2.14. The van der Waals surface area contributed by atoms with Crippen molar-refractivity contribution in [2.45, 2.75) is 19.9 Å². The summed E-state index contributed by atoms with van der Waals surface area (Å²) < 4.78 is 0. The number of benzene rings is 1. The lowest BCUT2D eigenvalue weighted by molar-refractivity contribution is 0.0711. The molecule has 0 radical (unpaired) electrons. The highest BCUT2D eigenvalue weighted by atomic mass is 32.1. The molecule has 1 atom stereocenters. The molecule has 0 aliphatic rings. The molecule has 5 nitrogen and oxygen atoms in total. The molecule has 0 saturated heterocycles. The van der Waals surface area contributed by atoms with Crippen molar-refractivity contribution in [2.24, 2.45) is 0 Å². The number of carbonyl (C=O) groups is 2. The van der Waals surface area contributed by atoms with Gasteiger partial charge >= 0.3 is 0 Å². The van der Waals surface area contributed by atoms with Crippen LogP contribution < -0.4 is 10.8 Å². The van der Waals surface area contributed by atoms with E-state index in [2.05, 4.69) is 36.5 Å².